The van der Waals surface area contributed by atoms with Crippen LogP contribution in [0.1, 0.15) is 32.1 Å². The lowest BCUT2D eigenvalue weighted by atomic mass is 9.94. The molecule has 3 fully saturated rings. The van der Waals surface area contributed by atoms with Gasteiger partial charge in [0.15, 0.2) is 0 Å². The Morgan fingerprint density at radius 2 is 1.83 bits per heavy atom. The first kappa shape index (κ1) is 15.8. The van der Waals surface area contributed by atoms with Gasteiger partial charge in [-0.25, -0.2) is 9.97 Å². The number of piperidine rings is 2. The summed E-state index contributed by atoms with van der Waals surface area (Å²) in [5, 5.41) is 0. The molecule has 0 aliphatic carbocycles. The number of hydrogen-bond acceptors (Lipinski definition) is 5. The average Bonchev–Trinajstić information content (AvgIpc) is 2.68. The molecule has 0 spiro atoms. The molecule has 1 amide bonds. The zero-order valence-corrected chi connectivity index (χ0v) is 14.3. The fraction of sp³-hybridized carbons (Fsp3) is 0.722. The van der Waals surface area contributed by atoms with Gasteiger partial charge in [0.05, 0.1) is 5.92 Å². The molecule has 6 nitrogen and oxygen atoms in total. The maximum absolute atomic E-state index is 13.0. The Morgan fingerprint density at radius 1 is 0.958 bits per heavy atom. The van der Waals surface area contributed by atoms with Gasteiger partial charge in [0.25, 0.3) is 0 Å². The van der Waals surface area contributed by atoms with Gasteiger partial charge in [-0.05, 0) is 38.3 Å². The molecule has 2 atom stereocenters. The topological polar surface area (TPSA) is 52.6 Å². The third kappa shape index (κ3) is 3.24. The highest BCUT2D eigenvalue weighted by molar-refractivity contribution is 5.80. The Bertz CT molecular complexity index is 566. The summed E-state index contributed by atoms with van der Waals surface area (Å²) >= 11 is 0. The van der Waals surface area contributed by atoms with E-state index in [-0.39, 0.29) is 5.92 Å². The minimum atomic E-state index is 0.0951. The van der Waals surface area contributed by atoms with Crippen LogP contribution in [0.5, 0.6) is 0 Å². The van der Waals surface area contributed by atoms with Crippen LogP contribution in [0.15, 0.2) is 18.5 Å². The third-order valence-electron chi connectivity index (χ3n) is 5.75. The van der Waals surface area contributed by atoms with Gasteiger partial charge >= 0.3 is 0 Å². The second kappa shape index (κ2) is 7.05. The van der Waals surface area contributed by atoms with Crippen molar-refractivity contribution in [2.75, 3.05) is 44.2 Å². The molecule has 0 N–H and O–H groups in total. The molecule has 0 unspecified atom stereocenters. The van der Waals surface area contributed by atoms with Gasteiger partial charge in [-0.2, -0.15) is 0 Å². The zero-order chi connectivity index (χ0) is 16.4. The Kier molecular flexibility index (Phi) is 4.65. The van der Waals surface area contributed by atoms with Crippen LogP contribution in [-0.2, 0) is 4.79 Å². The number of nitrogens with zero attached hydrogens (tertiary/aromatic N) is 5. The molecule has 1 aromatic heterocycles. The number of fused-ring (bicyclic) bond motifs is 1. The summed E-state index contributed by atoms with van der Waals surface area (Å²) in [6, 6.07) is 2.42. The summed E-state index contributed by atoms with van der Waals surface area (Å²) < 4.78 is 0. The van der Waals surface area contributed by atoms with Crippen molar-refractivity contribution < 1.29 is 4.79 Å². The molecule has 0 saturated carbocycles. The highest BCUT2D eigenvalue weighted by Crippen LogP contribution is 2.25. The van der Waals surface area contributed by atoms with Crippen molar-refractivity contribution in [2.45, 2.75) is 38.1 Å². The minimum Gasteiger partial charge on any atom is -0.340 e. The number of piperazine rings is 1. The van der Waals surface area contributed by atoms with E-state index in [4.69, 9.17) is 0 Å². The molecule has 3 aliphatic rings. The van der Waals surface area contributed by atoms with E-state index in [1.807, 2.05) is 6.07 Å². The maximum Gasteiger partial charge on any atom is 0.227 e. The van der Waals surface area contributed by atoms with E-state index in [0.29, 0.717) is 11.9 Å². The number of anilines is 1. The molecular weight excluding hydrogens is 302 g/mol. The summed E-state index contributed by atoms with van der Waals surface area (Å²) in [5.41, 5.74) is 0. The summed E-state index contributed by atoms with van der Waals surface area (Å²) in [6.07, 6.45) is 9.46. The SMILES string of the molecule is O=C([C@H]1CCCN(c2ncccn2)C1)N1CCN2CCCC[C@H]2C1. The smallest absolute Gasteiger partial charge is 0.227 e. The standard InChI is InChI=1S/C18H27N5O/c24-17(22-12-11-21-9-2-1-6-16(21)14-22)15-5-3-10-23(13-15)18-19-7-4-8-20-18/h4,7-8,15-16H,1-3,5-6,9-14H2/t15-,16-/m0/s1. The Morgan fingerprint density at radius 3 is 2.71 bits per heavy atom. The van der Waals surface area contributed by atoms with Gasteiger partial charge < -0.3 is 9.80 Å². The van der Waals surface area contributed by atoms with Crippen molar-refractivity contribution in [1.82, 2.24) is 19.8 Å². The van der Waals surface area contributed by atoms with E-state index in [1.54, 1.807) is 12.4 Å². The summed E-state index contributed by atoms with van der Waals surface area (Å²) in [7, 11) is 0. The van der Waals surface area contributed by atoms with Crippen molar-refractivity contribution in [3.63, 3.8) is 0 Å². The molecule has 24 heavy (non-hydrogen) atoms. The van der Waals surface area contributed by atoms with Gasteiger partial charge in [0, 0.05) is 51.2 Å². The lowest BCUT2D eigenvalue weighted by Gasteiger charge is -2.45. The van der Waals surface area contributed by atoms with Gasteiger partial charge in [-0.15, -0.1) is 0 Å². The summed E-state index contributed by atoms with van der Waals surface area (Å²) in [5.74, 6) is 1.20. The Balaban J connectivity index is 1.39. The van der Waals surface area contributed by atoms with Crippen LogP contribution in [0.4, 0.5) is 5.95 Å². The summed E-state index contributed by atoms with van der Waals surface area (Å²) in [6.45, 7) is 5.80. The second-order valence-corrected chi connectivity index (χ2v) is 7.30. The van der Waals surface area contributed by atoms with E-state index < -0.39 is 0 Å². The first-order valence-corrected chi connectivity index (χ1v) is 9.36. The minimum absolute atomic E-state index is 0.0951. The normalized spacial score (nSPS) is 28.5. The fourth-order valence-electron chi connectivity index (χ4n) is 4.43. The quantitative estimate of drug-likeness (QED) is 0.821. The largest absolute Gasteiger partial charge is 0.340 e. The monoisotopic (exact) mass is 329 g/mol. The molecule has 4 rings (SSSR count). The van der Waals surface area contributed by atoms with Gasteiger partial charge in [-0.1, -0.05) is 6.42 Å². The van der Waals surface area contributed by atoms with Crippen LogP contribution in [0.3, 0.4) is 0 Å². The molecule has 0 aromatic carbocycles. The van der Waals surface area contributed by atoms with E-state index in [2.05, 4.69) is 24.7 Å². The predicted molar refractivity (Wildman–Crippen MR) is 92.8 cm³/mol. The van der Waals surface area contributed by atoms with Crippen molar-refractivity contribution in [3.05, 3.63) is 18.5 Å². The van der Waals surface area contributed by atoms with Crippen LogP contribution in [-0.4, -0.2) is 71.0 Å². The van der Waals surface area contributed by atoms with Crippen LogP contribution in [0.25, 0.3) is 0 Å². The van der Waals surface area contributed by atoms with Crippen LogP contribution < -0.4 is 4.90 Å². The van der Waals surface area contributed by atoms with Crippen LogP contribution >= 0.6 is 0 Å². The van der Waals surface area contributed by atoms with Gasteiger partial charge in [-0.3, -0.25) is 9.69 Å². The van der Waals surface area contributed by atoms with E-state index in [0.717, 1.165) is 51.5 Å². The molecule has 4 heterocycles. The highest BCUT2D eigenvalue weighted by Gasteiger charge is 2.35. The molecule has 0 bridgehead atoms. The van der Waals surface area contributed by atoms with E-state index in [9.17, 15) is 4.79 Å². The Hall–Kier alpha value is -1.69. The van der Waals surface area contributed by atoms with Crippen molar-refractivity contribution in [2.24, 2.45) is 5.92 Å². The first-order chi connectivity index (χ1) is 11.8. The zero-order valence-electron chi connectivity index (χ0n) is 14.3. The molecule has 1 aromatic rings. The number of aromatic nitrogens is 2. The highest BCUT2D eigenvalue weighted by atomic mass is 16.2. The number of amides is 1. The molecule has 3 saturated heterocycles. The van der Waals surface area contributed by atoms with Crippen LogP contribution in [0.2, 0.25) is 0 Å². The first-order valence-electron chi connectivity index (χ1n) is 9.36. The number of carbonyl (C=O) groups excluding carboxylic acids is 1. The average molecular weight is 329 g/mol. The van der Waals surface area contributed by atoms with Gasteiger partial charge in [0.2, 0.25) is 11.9 Å². The maximum atomic E-state index is 13.0. The lowest BCUT2D eigenvalue weighted by Crippen LogP contribution is -2.58. The Labute approximate surface area is 143 Å². The van der Waals surface area contributed by atoms with Crippen molar-refractivity contribution in [1.29, 1.82) is 0 Å². The molecule has 6 heteroatoms. The summed E-state index contributed by atoms with van der Waals surface area (Å²) in [4.78, 5) is 28.6. The molecule has 0 radical (unpaired) electrons. The molecular formula is C18H27N5O. The number of hydrogen-bond donors (Lipinski definition) is 0. The van der Waals surface area contributed by atoms with Gasteiger partial charge in [0.1, 0.15) is 0 Å². The van der Waals surface area contributed by atoms with E-state index in [1.165, 1.54) is 25.8 Å². The number of rotatable bonds is 2. The van der Waals surface area contributed by atoms with Crippen molar-refractivity contribution in [3.8, 4) is 0 Å². The predicted octanol–water partition coefficient (Wildman–Crippen LogP) is 1.39. The van der Waals surface area contributed by atoms with Crippen molar-refractivity contribution >= 4 is 11.9 Å². The lowest BCUT2D eigenvalue weighted by molar-refractivity contribution is -0.139. The third-order valence-corrected chi connectivity index (χ3v) is 5.75. The second-order valence-electron chi connectivity index (χ2n) is 7.30. The van der Waals surface area contributed by atoms with Crippen LogP contribution in [0, 0.1) is 5.92 Å². The molecule has 3 aliphatic heterocycles. The number of carbonyl (C=O) groups is 1. The van der Waals surface area contributed by atoms with E-state index >= 15 is 0 Å². The molecule has 130 valence electrons. The fourth-order valence-corrected chi connectivity index (χ4v) is 4.43.